The number of hydrogen-bond acceptors (Lipinski definition) is 4. The molecular formula is C21H27NO4. The number of benzene rings is 2. The molecule has 2 rings (SSSR count). The second kappa shape index (κ2) is 10.7. The Labute approximate surface area is 155 Å². The summed E-state index contributed by atoms with van der Waals surface area (Å²) in [6.07, 6.45) is 1.79. The summed E-state index contributed by atoms with van der Waals surface area (Å²) in [5, 5.41) is 12.4. The zero-order chi connectivity index (χ0) is 18.8. The molecule has 0 aliphatic carbocycles. The van der Waals surface area contributed by atoms with Crippen molar-refractivity contribution < 1.29 is 19.4 Å². The molecule has 26 heavy (non-hydrogen) atoms. The molecule has 0 radical (unpaired) electrons. The van der Waals surface area contributed by atoms with E-state index in [9.17, 15) is 4.79 Å². The zero-order valence-corrected chi connectivity index (χ0v) is 15.4. The van der Waals surface area contributed by atoms with Gasteiger partial charge >= 0.3 is 5.97 Å². The molecule has 0 spiro atoms. The van der Waals surface area contributed by atoms with Crippen molar-refractivity contribution in [2.24, 2.45) is 0 Å². The Morgan fingerprint density at radius 3 is 2.35 bits per heavy atom. The molecule has 0 saturated heterocycles. The van der Waals surface area contributed by atoms with Gasteiger partial charge in [0.1, 0.15) is 6.23 Å². The third-order valence-electron chi connectivity index (χ3n) is 4.27. The van der Waals surface area contributed by atoms with Crippen molar-refractivity contribution >= 4 is 5.97 Å². The predicted octanol–water partition coefficient (Wildman–Crippen LogP) is 3.83. The molecule has 0 aromatic heterocycles. The lowest BCUT2D eigenvalue weighted by Gasteiger charge is -2.21. The van der Waals surface area contributed by atoms with Gasteiger partial charge in [-0.25, -0.2) is 4.79 Å². The maximum Gasteiger partial charge on any atom is 0.335 e. The molecule has 5 nitrogen and oxygen atoms in total. The minimum absolute atomic E-state index is 0.105. The number of rotatable bonds is 11. The fraction of sp³-hybridized carbons (Fsp3) is 0.381. The highest BCUT2D eigenvalue weighted by Gasteiger charge is 2.12. The molecule has 0 saturated carbocycles. The number of hydrogen-bond donors (Lipinski definition) is 2. The van der Waals surface area contributed by atoms with Crippen molar-refractivity contribution in [3.8, 4) is 0 Å². The van der Waals surface area contributed by atoms with E-state index in [2.05, 4.69) is 5.32 Å². The van der Waals surface area contributed by atoms with Gasteiger partial charge in [0, 0.05) is 13.7 Å². The van der Waals surface area contributed by atoms with Crippen LogP contribution in [0.15, 0.2) is 54.6 Å². The summed E-state index contributed by atoms with van der Waals surface area (Å²) in [7, 11) is 1.71. The van der Waals surface area contributed by atoms with E-state index in [1.165, 1.54) is 0 Å². The number of methoxy groups -OCH3 is 1. The molecule has 0 aliphatic rings. The normalized spacial score (nSPS) is 13.3. The van der Waals surface area contributed by atoms with E-state index in [0.29, 0.717) is 18.7 Å². The van der Waals surface area contributed by atoms with E-state index in [4.69, 9.17) is 14.6 Å². The molecular weight excluding hydrogens is 330 g/mol. The Kier molecular flexibility index (Phi) is 8.28. The molecule has 2 aromatic rings. The van der Waals surface area contributed by atoms with E-state index >= 15 is 0 Å². The summed E-state index contributed by atoms with van der Waals surface area (Å²) in [5.41, 5.74) is 2.44. The van der Waals surface area contributed by atoms with Gasteiger partial charge in [-0.2, -0.15) is 0 Å². The van der Waals surface area contributed by atoms with E-state index in [-0.39, 0.29) is 12.3 Å². The highest BCUT2D eigenvalue weighted by atomic mass is 16.5. The minimum Gasteiger partial charge on any atom is -0.478 e. The molecule has 0 aliphatic heterocycles. The second-order valence-corrected chi connectivity index (χ2v) is 6.29. The van der Waals surface area contributed by atoms with Gasteiger partial charge in [0.25, 0.3) is 0 Å². The number of aromatic carboxylic acids is 1. The van der Waals surface area contributed by atoms with Crippen LogP contribution in [-0.2, 0) is 22.6 Å². The van der Waals surface area contributed by atoms with Crippen LogP contribution in [0.5, 0.6) is 0 Å². The van der Waals surface area contributed by atoms with E-state index in [0.717, 1.165) is 24.0 Å². The summed E-state index contributed by atoms with van der Waals surface area (Å²) in [6.45, 7) is 3.19. The summed E-state index contributed by atoms with van der Waals surface area (Å²) < 4.78 is 11.4. The van der Waals surface area contributed by atoms with Crippen LogP contribution in [-0.4, -0.2) is 30.5 Å². The van der Waals surface area contributed by atoms with Crippen LogP contribution in [0.2, 0.25) is 0 Å². The molecule has 2 aromatic carbocycles. The van der Waals surface area contributed by atoms with Gasteiger partial charge in [-0.3, -0.25) is 5.32 Å². The van der Waals surface area contributed by atoms with Crippen LogP contribution in [0, 0.1) is 0 Å². The van der Waals surface area contributed by atoms with Crippen molar-refractivity contribution in [3.05, 3.63) is 71.3 Å². The minimum atomic E-state index is -0.915. The molecule has 2 unspecified atom stereocenters. The molecule has 0 bridgehead atoms. The number of carboxylic acid groups (broad SMARTS) is 1. The number of carboxylic acids is 1. The second-order valence-electron chi connectivity index (χ2n) is 6.29. The fourth-order valence-electron chi connectivity index (χ4n) is 2.52. The van der Waals surface area contributed by atoms with Crippen LogP contribution in [0.4, 0.5) is 0 Å². The highest BCUT2D eigenvalue weighted by molar-refractivity contribution is 5.87. The van der Waals surface area contributed by atoms with Crippen molar-refractivity contribution in [3.63, 3.8) is 0 Å². The Morgan fingerprint density at radius 2 is 1.73 bits per heavy atom. The smallest absolute Gasteiger partial charge is 0.335 e. The van der Waals surface area contributed by atoms with Crippen molar-refractivity contribution in [2.75, 3.05) is 7.11 Å². The Balaban J connectivity index is 1.90. The Bertz CT molecular complexity index is 657. The lowest BCUT2D eigenvalue weighted by molar-refractivity contribution is -0.00116. The molecule has 140 valence electrons. The van der Waals surface area contributed by atoms with Crippen LogP contribution in [0.25, 0.3) is 0 Å². The van der Waals surface area contributed by atoms with Gasteiger partial charge in [0.05, 0.1) is 18.3 Å². The molecule has 0 heterocycles. The number of ether oxygens (including phenoxy) is 2. The van der Waals surface area contributed by atoms with E-state index < -0.39 is 5.97 Å². The average Bonchev–Trinajstić information content (AvgIpc) is 2.68. The number of carbonyl (C=O) groups is 1. The summed E-state index contributed by atoms with van der Waals surface area (Å²) in [5.74, 6) is -0.915. The van der Waals surface area contributed by atoms with E-state index in [1.807, 2.05) is 49.4 Å². The first kappa shape index (κ1) is 20.1. The van der Waals surface area contributed by atoms with Gasteiger partial charge < -0.3 is 14.6 Å². The van der Waals surface area contributed by atoms with Gasteiger partial charge in [0.15, 0.2) is 0 Å². The van der Waals surface area contributed by atoms with Gasteiger partial charge in [-0.1, -0.05) is 42.5 Å². The van der Waals surface area contributed by atoms with Gasteiger partial charge in [0.2, 0.25) is 0 Å². The molecule has 2 N–H and O–H groups in total. The standard InChI is InChI=1S/C21H27NO4/c1-16(25-2)8-13-20(26-15-18-6-4-3-5-7-18)22-14-17-9-11-19(12-10-17)21(23)24/h3-7,9-12,16,20,22H,8,13-15H2,1-2H3,(H,23,24). The fourth-order valence-corrected chi connectivity index (χ4v) is 2.52. The van der Waals surface area contributed by atoms with Crippen LogP contribution in [0.1, 0.15) is 41.3 Å². The monoisotopic (exact) mass is 357 g/mol. The van der Waals surface area contributed by atoms with Crippen LogP contribution >= 0.6 is 0 Å². The Hall–Kier alpha value is -2.21. The van der Waals surface area contributed by atoms with Crippen molar-refractivity contribution in [1.29, 1.82) is 0 Å². The molecule has 0 amide bonds. The largest absolute Gasteiger partial charge is 0.478 e. The summed E-state index contributed by atoms with van der Waals surface area (Å²) >= 11 is 0. The third-order valence-corrected chi connectivity index (χ3v) is 4.27. The maximum absolute atomic E-state index is 10.9. The maximum atomic E-state index is 10.9. The van der Waals surface area contributed by atoms with Crippen molar-refractivity contribution in [1.82, 2.24) is 5.32 Å². The first-order valence-electron chi connectivity index (χ1n) is 8.82. The average molecular weight is 357 g/mol. The predicted molar refractivity (Wildman–Crippen MR) is 101 cm³/mol. The first-order chi connectivity index (χ1) is 12.6. The molecule has 5 heteroatoms. The molecule has 2 atom stereocenters. The van der Waals surface area contributed by atoms with Crippen LogP contribution < -0.4 is 5.32 Å². The topological polar surface area (TPSA) is 67.8 Å². The molecule has 0 fully saturated rings. The van der Waals surface area contributed by atoms with Gasteiger partial charge in [-0.05, 0) is 43.0 Å². The SMILES string of the molecule is COC(C)CCC(NCc1ccc(C(=O)O)cc1)OCc1ccccc1. The first-order valence-corrected chi connectivity index (χ1v) is 8.82. The third kappa shape index (κ3) is 6.96. The van der Waals surface area contributed by atoms with Crippen molar-refractivity contribution in [2.45, 2.75) is 45.2 Å². The summed E-state index contributed by atoms with van der Waals surface area (Å²) in [6, 6.07) is 16.9. The quantitative estimate of drug-likeness (QED) is 0.598. The lowest BCUT2D eigenvalue weighted by atomic mass is 10.1. The zero-order valence-electron chi connectivity index (χ0n) is 15.4. The van der Waals surface area contributed by atoms with Crippen LogP contribution in [0.3, 0.4) is 0 Å². The number of nitrogens with one attached hydrogen (secondary N) is 1. The van der Waals surface area contributed by atoms with E-state index in [1.54, 1.807) is 19.2 Å². The summed E-state index contributed by atoms with van der Waals surface area (Å²) in [4.78, 5) is 10.9. The highest BCUT2D eigenvalue weighted by Crippen LogP contribution is 2.11. The van der Waals surface area contributed by atoms with Gasteiger partial charge in [-0.15, -0.1) is 0 Å². The lowest BCUT2D eigenvalue weighted by Crippen LogP contribution is -2.32. The Morgan fingerprint density at radius 1 is 1.04 bits per heavy atom.